The second kappa shape index (κ2) is 11.9. The summed E-state index contributed by atoms with van der Waals surface area (Å²) in [5.41, 5.74) is 4.32. The number of carbonyl (C=O) groups excluding carboxylic acids is 1. The number of hydrogen-bond donors (Lipinski definition) is 1. The topological polar surface area (TPSA) is 96.2 Å². The van der Waals surface area contributed by atoms with Crippen LogP contribution in [0.4, 0.5) is 4.39 Å². The van der Waals surface area contributed by atoms with Crippen molar-refractivity contribution >= 4 is 11.6 Å². The van der Waals surface area contributed by atoms with Crippen LogP contribution in [0.25, 0.3) is 28.3 Å². The van der Waals surface area contributed by atoms with Crippen LogP contribution in [0.5, 0.6) is 0 Å². The van der Waals surface area contributed by atoms with Crippen LogP contribution in [0.2, 0.25) is 0 Å². The number of halogens is 1. The molecule has 0 radical (unpaired) electrons. The van der Waals surface area contributed by atoms with Crippen LogP contribution in [0.3, 0.4) is 0 Å². The Hall–Kier alpha value is -3.88. The predicted octanol–water partition coefficient (Wildman–Crippen LogP) is 6.74. The number of rotatable bonds is 7. The molecule has 2 atom stereocenters. The summed E-state index contributed by atoms with van der Waals surface area (Å²) in [5.74, 6) is 1.92. The summed E-state index contributed by atoms with van der Waals surface area (Å²) in [5, 5.41) is 3.09. The number of carbonyl (C=O) groups is 1. The van der Waals surface area contributed by atoms with E-state index in [1.165, 1.54) is 73.9 Å². The summed E-state index contributed by atoms with van der Waals surface area (Å²) in [6.07, 6.45) is 15.4. The van der Waals surface area contributed by atoms with E-state index in [2.05, 4.69) is 27.2 Å². The number of hydrogen-bond acceptors (Lipinski definition) is 5. The fraction of sp³-hybridized carbons (Fsp3) is 0.514. The number of fused-ring (bicyclic) bond motifs is 1. The summed E-state index contributed by atoms with van der Waals surface area (Å²) in [4.78, 5) is 42.7. The number of amides is 1. The third kappa shape index (κ3) is 5.24. The first-order valence-electron chi connectivity index (χ1n) is 16.3. The third-order valence-corrected chi connectivity index (χ3v) is 10.7. The van der Waals surface area contributed by atoms with E-state index in [1.54, 1.807) is 24.2 Å². The quantitative estimate of drug-likeness (QED) is 0.255. The van der Waals surface area contributed by atoms with E-state index in [0.29, 0.717) is 35.2 Å². The molecule has 0 spiro atoms. The average Bonchev–Trinajstić information content (AvgIpc) is 3.69. The molecule has 4 heterocycles. The molecule has 1 N–H and O–H groups in total. The molecule has 1 aromatic carbocycles. The molecule has 7 rings (SSSR count). The van der Waals surface area contributed by atoms with Crippen molar-refractivity contribution in [3.63, 3.8) is 0 Å². The predicted molar refractivity (Wildman–Crippen MR) is 168 cm³/mol. The first-order chi connectivity index (χ1) is 21.4. The van der Waals surface area contributed by atoms with Gasteiger partial charge in [0.05, 0.1) is 23.8 Å². The molecule has 9 heteroatoms. The van der Waals surface area contributed by atoms with E-state index in [-0.39, 0.29) is 34.6 Å². The highest BCUT2D eigenvalue weighted by atomic mass is 19.1. The van der Waals surface area contributed by atoms with Gasteiger partial charge in [0.1, 0.15) is 11.3 Å². The molecule has 2 aliphatic carbocycles. The summed E-state index contributed by atoms with van der Waals surface area (Å²) < 4.78 is 14.7. The number of nitrogens with one attached hydrogen (secondary N) is 1. The maximum atomic E-state index is 14.0. The molecular weight excluding hydrogens is 555 g/mol. The largest absolute Gasteiger partial charge is 0.335 e. The fourth-order valence-corrected chi connectivity index (χ4v) is 7.86. The van der Waals surface area contributed by atoms with Crippen molar-refractivity contribution in [1.82, 2.24) is 29.5 Å². The van der Waals surface area contributed by atoms with Gasteiger partial charge < -0.3 is 4.90 Å². The van der Waals surface area contributed by atoms with Crippen molar-refractivity contribution in [2.75, 3.05) is 13.2 Å². The molecule has 8 nitrogen and oxygen atoms in total. The summed E-state index contributed by atoms with van der Waals surface area (Å²) >= 11 is 0. The van der Waals surface area contributed by atoms with Gasteiger partial charge in [-0.15, -0.1) is 0 Å². The number of aryl methyl sites for hydroxylation is 1. The van der Waals surface area contributed by atoms with E-state index in [9.17, 15) is 14.0 Å². The zero-order valence-electron chi connectivity index (χ0n) is 25.6. The van der Waals surface area contributed by atoms with Gasteiger partial charge in [0.25, 0.3) is 11.5 Å². The SMILES string of the molecule is Cc1nccnc1-c1[nH]n2c(=O)cc(-c3ccc(C4CCC(CC5CCCC5)CC4)cc3)nc2c1C(=O)N1C[C@@H](CF)[C@H]1C. The fourth-order valence-electron chi connectivity index (χ4n) is 7.86. The molecule has 0 unspecified atom stereocenters. The van der Waals surface area contributed by atoms with Gasteiger partial charge >= 0.3 is 0 Å². The van der Waals surface area contributed by atoms with Crippen LogP contribution in [0.15, 0.2) is 47.5 Å². The van der Waals surface area contributed by atoms with Gasteiger partial charge in [0, 0.05) is 42.5 Å². The van der Waals surface area contributed by atoms with Gasteiger partial charge in [0.15, 0.2) is 5.65 Å². The number of alkyl halides is 1. The van der Waals surface area contributed by atoms with Crippen molar-refractivity contribution in [1.29, 1.82) is 0 Å². The standard InChI is InChI=1S/C35H41FN6O2/c1-21-32(38-16-15-37-21)33-31(35(44)41-20-28(19-36)22(41)2)34-39-29(18-30(43)42(34)40-33)27-13-11-26(12-14-27)25-9-7-24(8-10-25)17-23-5-3-4-6-23/h11-16,18,22-25,28,40H,3-10,17,19-20H2,1-2H3/t22-,24?,25?,28-/m1/s1. The minimum atomic E-state index is -0.477. The van der Waals surface area contributed by atoms with Crippen molar-refractivity contribution < 1.29 is 9.18 Å². The number of likely N-dealkylation sites (tertiary alicyclic amines) is 1. The van der Waals surface area contributed by atoms with Gasteiger partial charge in [-0.05, 0) is 69.3 Å². The lowest BCUT2D eigenvalue weighted by Gasteiger charge is -2.45. The molecule has 3 aromatic heterocycles. The number of H-pyrrole nitrogens is 1. The second-order valence-electron chi connectivity index (χ2n) is 13.3. The van der Waals surface area contributed by atoms with E-state index >= 15 is 0 Å². The number of aromatic nitrogens is 5. The molecular formula is C35H41FN6O2. The molecule has 1 amide bonds. The smallest absolute Gasteiger partial charge is 0.273 e. The van der Waals surface area contributed by atoms with Gasteiger partial charge in [-0.3, -0.25) is 29.0 Å². The maximum absolute atomic E-state index is 14.0. The van der Waals surface area contributed by atoms with Gasteiger partial charge in [0.2, 0.25) is 0 Å². The number of aromatic amines is 1. The zero-order valence-corrected chi connectivity index (χ0v) is 25.6. The van der Waals surface area contributed by atoms with E-state index in [4.69, 9.17) is 4.98 Å². The lowest BCUT2D eigenvalue weighted by atomic mass is 9.75. The van der Waals surface area contributed by atoms with Crippen LogP contribution in [0, 0.1) is 24.7 Å². The highest BCUT2D eigenvalue weighted by molar-refractivity contribution is 6.06. The van der Waals surface area contributed by atoms with E-state index in [0.717, 1.165) is 17.4 Å². The number of nitrogens with zero attached hydrogens (tertiary/aromatic N) is 5. The van der Waals surface area contributed by atoms with Crippen LogP contribution in [0.1, 0.15) is 92.2 Å². The van der Waals surface area contributed by atoms with Crippen LogP contribution in [-0.4, -0.2) is 54.6 Å². The van der Waals surface area contributed by atoms with Crippen LogP contribution in [-0.2, 0) is 0 Å². The van der Waals surface area contributed by atoms with Crippen molar-refractivity contribution in [3.8, 4) is 22.6 Å². The Labute approximate surface area is 257 Å². The lowest BCUT2D eigenvalue weighted by molar-refractivity contribution is 0.0142. The van der Waals surface area contributed by atoms with Gasteiger partial charge in [-0.2, -0.15) is 0 Å². The average molecular weight is 597 g/mol. The highest BCUT2D eigenvalue weighted by Crippen LogP contribution is 2.41. The summed E-state index contributed by atoms with van der Waals surface area (Å²) in [6.45, 7) is 3.50. The molecule has 1 aliphatic heterocycles. The molecule has 3 aliphatic rings. The maximum Gasteiger partial charge on any atom is 0.273 e. The highest BCUT2D eigenvalue weighted by Gasteiger charge is 2.41. The Kier molecular flexibility index (Phi) is 7.81. The van der Waals surface area contributed by atoms with Crippen LogP contribution < -0.4 is 5.56 Å². The van der Waals surface area contributed by atoms with Crippen LogP contribution >= 0.6 is 0 Å². The van der Waals surface area contributed by atoms with Gasteiger partial charge in [-0.1, -0.05) is 49.9 Å². The molecule has 4 aromatic rings. The molecule has 0 bridgehead atoms. The van der Waals surface area contributed by atoms with Crippen molar-refractivity contribution in [2.45, 2.75) is 83.6 Å². The summed E-state index contributed by atoms with van der Waals surface area (Å²) in [7, 11) is 0. The minimum absolute atomic E-state index is 0.196. The van der Waals surface area contributed by atoms with Gasteiger partial charge in [-0.25, -0.2) is 9.50 Å². The van der Waals surface area contributed by atoms with Crippen molar-refractivity contribution in [2.24, 2.45) is 17.8 Å². The van der Waals surface area contributed by atoms with Crippen molar-refractivity contribution in [3.05, 3.63) is 69.9 Å². The normalized spacial score (nSPS) is 24.1. The Morgan fingerprint density at radius 1 is 1.00 bits per heavy atom. The lowest BCUT2D eigenvalue weighted by Crippen LogP contribution is -2.58. The Morgan fingerprint density at radius 3 is 2.39 bits per heavy atom. The minimum Gasteiger partial charge on any atom is -0.335 e. The molecule has 1 saturated heterocycles. The monoisotopic (exact) mass is 596 g/mol. The zero-order chi connectivity index (χ0) is 30.4. The second-order valence-corrected chi connectivity index (χ2v) is 13.3. The molecule has 2 saturated carbocycles. The Morgan fingerprint density at radius 2 is 1.70 bits per heavy atom. The Bertz CT molecular complexity index is 1720. The molecule has 3 fully saturated rings. The third-order valence-electron chi connectivity index (χ3n) is 10.7. The Balaban J connectivity index is 1.18. The van der Waals surface area contributed by atoms with E-state index < -0.39 is 6.67 Å². The summed E-state index contributed by atoms with van der Waals surface area (Å²) in [6, 6.07) is 9.69. The first kappa shape index (κ1) is 28.9. The number of benzene rings is 1. The molecule has 230 valence electrons. The first-order valence-corrected chi connectivity index (χ1v) is 16.3. The van der Waals surface area contributed by atoms with E-state index in [1.807, 2.05) is 19.1 Å². The molecule has 44 heavy (non-hydrogen) atoms.